The number of nitrogens with one attached hydrogen (secondary N) is 2. The van der Waals surface area contributed by atoms with E-state index in [0.717, 1.165) is 6.42 Å². The van der Waals surface area contributed by atoms with Crippen LogP contribution in [0.1, 0.15) is 19.8 Å². The third-order valence-corrected chi connectivity index (χ3v) is 3.47. The Kier molecular flexibility index (Phi) is 4.80. The molecule has 1 aliphatic rings. The first-order valence-corrected chi connectivity index (χ1v) is 7.12. The zero-order chi connectivity index (χ0) is 15.3. The van der Waals surface area contributed by atoms with Crippen LogP contribution in [0.25, 0.3) is 0 Å². The Hall–Kier alpha value is -2.08. The predicted octanol–water partition coefficient (Wildman–Crippen LogP) is 1.18. The molecule has 6 heteroatoms. The van der Waals surface area contributed by atoms with Crippen molar-refractivity contribution in [1.29, 1.82) is 0 Å². The number of carbonyl (C=O) groups excluding carboxylic acids is 2. The monoisotopic (exact) mass is 291 g/mol. The van der Waals surface area contributed by atoms with E-state index < -0.39 is 11.6 Å². The molecule has 21 heavy (non-hydrogen) atoms. The normalized spacial score (nSPS) is 16.0. The highest BCUT2D eigenvalue weighted by Gasteiger charge is 2.42. The van der Waals surface area contributed by atoms with E-state index in [0.29, 0.717) is 25.2 Å². The maximum atomic E-state index is 11.8. The molecule has 1 aliphatic heterocycles. The second kappa shape index (κ2) is 6.58. The van der Waals surface area contributed by atoms with Crippen molar-refractivity contribution in [2.75, 3.05) is 25.0 Å². The fourth-order valence-electron chi connectivity index (χ4n) is 2.43. The summed E-state index contributed by atoms with van der Waals surface area (Å²) in [5.74, 6) is -0.181. The Balaban J connectivity index is 1.69. The minimum absolute atomic E-state index is 0.0686. The van der Waals surface area contributed by atoms with Gasteiger partial charge in [-0.05, 0) is 18.6 Å². The molecule has 3 N–H and O–H groups in total. The van der Waals surface area contributed by atoms with Crippen molar-refractivity contribution in [3.05, 3.63) is 30.3 Å². The zero-order valence-electron chi connectivity index (χ0n) is 12.1. The van der Waals surface area contributed by atoms with Crippen LogP contribution in [-0.2, 0) is 4.79 Å². The van der Waals surface area contributed by atoms with Crippen LogP contribution in [0.5, 0.6) is 0 Å². The average molecular weight is 291 g/mol. The van der Waals surface area contributed by atoms with Crippen LogP contribution in [0.3, 0.4) is 0 Å². The molecule has 0 atom stereocenters. The molecule has 0 aromatic heterocycles. The predicted molar refractivity (Wildman–Crippen MR) is 79.9 cm³/mol. The summed E-state index contributed by atoms with van der Waals surface area (Å²) in [6.45, 7) is 2.63. The highest BCUT2D eigenvalue weighted by molar-refractivity contribution is 5.92. The van der Waals surface area contributed by atoms with Gasteiger partial charge in [-0.1, -0.05) is 31.5 Å². The molecule has 114 valence electrons. The first kappa shape index (κ1) is 15.3. The molecule has 1 fully saturated rings. The quantitative estimate of drug-likeness (QED) is 0.762. The minimum Gasteiger partial charge on any atom is -0.386 e. The van der Waals surface area contributed by atoms with E-state index in [9.17, 15) is 14.7 Å². The van der Waals surface area contributed by atoms with Crippen LogP contribution < -0.4 is 10.6 Å². The molecular weight excluding hydrogens is 270 g/mol. The topological polar surface area (TPSA) is 81.7 Å². The van der Waals surface area contributed by atoms with Gasteiger partial charge in [-0.15, -0.1) is 0 Å². The lowest BCUT2D eigenvalue weighted by molar-refractivity contribution is -0.155. The van der Waals surface area contributed by atoms with Gasteiger partial charge in [-0.25, -0.2) is 4.79 Å². The largest absolute Gasteiger partial charge is 0.386 e. The van der Waals surface area contributed by atoms with Crippen LogP contribution >= 0.6 is 0 Å². The zero-order valence-corrected chi connectivity index (χ0v) is 12.1. The molecule has 1 aromatic rings. The maximum absolute atomic E-state index is 11.8. The first-order valence-electron chi connectivity index (χ1n) is 7.12. The Morgan fingerprint density at radius 1 is 1.29 bits per heavy atom. The number of para-hydroxylation sites is 1. The van der Waals surface area contributed by atoms with E-state index in [2.05, 4.69) is 10.6 Å². The van der Waals surface area contributed by atoms with Gasteiger partial charge in [0.05, 0.1) is 25.2 Å². The van der Waals surface area contributed by atoms with Crippen molar-refractivity contribution in [3.63, 3.8) is 0 Å². The van der Waals surface area contributed by atoms with Crippen LogP contribution in [0.2, 0.25) is 0 Å². The van der Waals surface area contributed by atoms with Crippen molar-refractivity contribution in [2.45, 2.75) is 25.4 Å². The lowest BCUT2D eigenvalue weighted by Crippen LogP contribution is -2.64. The van der Waals surface area contributed by atoms with E-state index in [-0.39, 0.29) is 12.5 Å². The van der Waals surface area contributed by atoms with Crippen LogP contribution in [0, 0.1) is 0 Å². The van der Waals surface area contributed by atoms with E-state index >= 15 is 0 Å². The minimum atomic E-state index is -0.739. The molecule has 1 saturated heterocycles. The number of benzene rings is 1. The van der Waals surface area contributed by atoms with E-state index in [1.165, 1.54) is 0 Å². The second-order valence-corrected chi connectivity index (χ2v) is 5.40. The lowest BCUT2D eigenvalue weighted by atomic mass is 9.89. The molecular formula is C15H21N3O3. The highest BCUT2D eigenvalue weighted by atomic mass is 16.3. The van der Waals surface area contributed by atoms with Crippen LogP contribution in [-0.4, -0.2) is 47.2 Å². The van der Waals surface area contributed by atoms with Gasteiger partial charge in [0.2, 0.25) is 5.91 Å². The first-order chi connectivity index (χ1) is 10.0. The molecule has 3 amide bonds. The number of rotatable bonds is 5. The number of anilines is 1. The summed E-state index contributed by atoms with van der Waals surface area (Å²) in [6, 6.07) is 8.60. The van der Waals surface area contributed by atoms with Gasteiger partial charge in [0.15, 0.2) is 0 Å². The molecule has 0 saturated carbocycles. The van der Waals surface area contributed by atoms with Crippen molar-refractivity contribution in [2.24, 2.45) is 0 Å². The Labute approximate surface area is 124 Å². The van der Waals surface area contributed by atoms with Gasteiger partial charge in [-0.2, -0.15) is 0 Å². The summed E-state index contributed by atoms with van der Waals surface area (Å²) >= 11 is 0. The summed E-state index contributed by atoms with van der Waals surface area (Å²) in [5, 5.41) is 15.2. The van der Waals surface area contributed by atoms with Gasteiger partial charge in [-0.3, -0.25) is 4.79 Å². The van der Waals surface area contributed by atoms with Gasteiger partial charge in [0.25, 0.3) is 0 Å². The highest BCUT2D eigenvalue weighted by Crippen LogP contribution is 2.25. The molecule has 1 aromatic carbocycles. The number of aliphatic hydroxyl groups is 1. The Morgan fingerprint density at radius 3 is 2.57 bits per heavy atom. The molecule has 0 radical (unpaired) electrons. The summed E-state index contributed by atoms with van der Waals surface area (Å²) in [4.78, 5) is 25.0. The van der Waals surface area contributed by atoms with Crippen molar-refractivity contribution >= 4 is 17.6 Å². The molecule has 1 heterocycles. The summed E-state index contributed by atoms with van der Waals surface area (Å²) in [6.07, 6.45) is 1.58. The second-order valence-electron chi connectivity index (χ2n) is 5.40. The molecule has 0 aliphatic carbocycles. The van der Waals surface area contributed by atoms with Gasteiger partial charge in [0, 0.05) is 5.69 Å². The van der Waals surface area contributed by atoms with Gasteiger partial charge in [0.1, 0.15) is 0 Å². The van der Waals surface area contributed by atoms with Crippen LogP contribution in [0.15, 0.2) is 30.3 Å². The van der Waals surface area contributed by atoms with Crippen molar-refractivity contribution < 1.29 is 14.7 Å². The summed E-state index contributed by atoms with van der Waals surface area (Å²) < 4.78 is 0. The third kappa shape index (κ3) is 4.19. The van der Waals surface area contributed by atoms with E-state index in [4.69, 9.17) is 0 Å². The Morgan fingerprint density at radius 2 is 1.95 bits per heavy atom. The van der Waals surface area contributed by atoms with Crippen molar-refractivity contribution in [3.8, 4) is 0 Å². The third-order valence-electron chi connectivity index (χ3n) is 3.47. The number of nitrogens with zero attached hydrogens (tertiary/aromatic N) is 1. The number of carbonyl (C=O) groups is 2. The number of amides is 3. The summed E-state index contributed by atoms with van der Waals surface area (Å²) in [7, 11) is 0. The SMILES string of the molecule is CCCC1(O)CN(C(=O)CNC(=O)Nc2ccccc2)C1. The number of hydrogen-bond acceptors (Lipinski definition) is 3. The molecule has 0 spiro atoms. The fourth-order valence-corrected chi connectivity index (χ4v) is 2.43. The maximum Gasteiger partial charge on any atom is 0.319 e. The number of β-amino-alcohol motifs (C(OH)–C–C–N with tert-alkyl or cyclic N) is 1. The van der Waals surface area contributed by atoms with Crippen molar-refractivity contribution in [1.82, 2.24) is 10.2 Å². The van der Waals surface area contributed by atoms with Gasteiger partial charge < -0.3 is 20.6 Å². The molecule has 0 bridgehead atoms. The van der Waals surface area contributed by atoms with E-state index in [1.807, 2.05) is 25.1 Å². The van der Waals surface area contributed by atoms with E-state index in [1.54, 1.807) is 17.0 Å². The smallest absolute Gasteiger partial charge is 0.319 e. The lowest BCUT2D eigenvalue weighted by Gasteiger charge is -2.46. The standard InChI is InChI=1S/C15H21N3O3/c1-2-8-15(21)10-18(11-15)13(19)9-16-14(20)17-12-6-4-3-5-7-12/h3-7,21H,2,8-11H2,1H3,(H2,16,17,20). The Bertz CT molecular complexity index is 498. The average Bonchev–Trinajstić information content (AvgIpc) is 2.43. The molecule has 6 nitrogen and oxygen atoms in total. The summed E-state index contributed by atoms with van der Waals surface area (Å²) in [5.41, 5.74) is -0.0693. The molecule has 2 rings (SSSR count). The number of hydrogen-bond donors (Lipinski definition) is 3. The number of urea groups is 1. The van der Waals surface area contributed by atoms with Crippen LogP contribution in [0.4, 0.5) is 10.5 Å². The van der Waals surface area contributed by atoms with Gasteiger partial charge >= 0.3 is 6.03 Å². The molecule has 0 unspecified atom stereocenters. The fraction of sp³-hybridized carbons (Fsp3) is 0.467. The number of likely N-dealkylation sites (tertiary alicyclic amines) is 1.